The van der Waals surface area contributed by atoms with Crippen molar-refractivity contribution >= 4 is 17.7 Å². The van der Waals surface area contributed by atoms with Crippen LogP contribution in [-0.4, -0.2) is 60.1 Å². The van der Waals surface area contributed by atoms with Gasteiger partial charge in [0, 0.05) is 25.3 Å². The number of likely N-dealkylation sites (tertiary alicyclic amines) is 1. The Labute approximate surface area is 190 Å². The normalized spacial score (nSPS) is 17.6. The molecule has 1 saturated heterocycles. The van der Waals surface area contributed by atoms with Gasteiger partial charge in [0.2, 0.25) is 17.7 Å². The van der Waals surface area contributed by atoms with E-state index in [9.17, 15) is 19.5 Å². The second-order valence-corrected chi connectivity index (χ2v) is 8.39. The van der Waals surface area contributed by atoms with Gasteiger partial charge in [0.25, 0.3) is 0 Å². The molecule has 3 N–H and O–H groups in total. The molecule has 32 heavy (non-hydrogen) atoms. The highest BCUT2D eigenvalue weighted by Crippen LogP contribution is 2.20. The van der Waals surface area contributed by atoms with Gasteiger partial charge in [0.05, 0.1) is 19.8 Å². The zero-order valence-electron chi connectivity index (χ0n) is 19.2. The van der Waals surface area contributed by atoms with Crippen LogP contribution in [0.5, 0.6) is 0 Å². The molecule has 0 aromatic heterocycles. The fraction of sp³-hybridized carbons (Fsp3) is 0.625. The lowest BCUT2D eigenvalue weighted by Crippen LogP contribution is -2.53. The van der Waals surface area contributed by atoms with Crippen molar-refractivity contribution in [3.05, 3.63) is 35.9 Å². The number of amides is 3. The van der Waals surface area contributed by atoms with Crippen LogP contribution >= 0.6 is 0 Å². The van der Waals surface area contributed by atoms with Crippen molar-refractivity contribution < 1.29 is 24.3 Å². The molecule has 1 aliphatic heterocycles. The van der Waals surface area contributed by atoms with Crippen molar-refractivity contribution in [1.82, 2.24) is 15.7 Å². The topological polar surface area (TPSA) is 108 Å². The first-order chi connectivity index (χ1) is 15.5. The molecule has 0 saturated carbocycles. The molecular formula is C24H37N3O5. The molecule has 0 spiro atoms. The second-order valence-electron chi connectivity index (χ2n) is 8.39. The van der Waals surface area contributed by atoms with Gasteiger partial charge in [-0.15, -0.1) is 0 Å². The highest BCUT2D eigenvalue weighted by atomic mass is 16.6. The number of hydrogen-bond donors (Lipinski definition) is 3. The van der Waals surface area contributed by atoms with Crippen LogP contribution in [0.1, 0.15) is 57.4 Å². The van der Waals surface area contributed by atoms with Gasteiger partial charge in [-0.3, -0.25) is 19.2 Å². The Morgan fingerprint density at radius 1 is 1.22 bits per heavy atom. The predicted octanol–water partition coefficient (Wildman–Crippen LogP) is 1.96. The summed E-state index contributed by atoms with van der Waals surface area (Å²) in [7, 11) is 1.35. The van der Waals surface area contributed by atoms with Crippen LogP contribution in [0.2, 0.25) is 0 Å². The summed E-state index contributed by atoms with van der Waals surface area (Å²) in [5, 5.41) is 12.6. The minimum atomic E-state index is -0.754. The molecule has 3 amide bonds. The minimum Gasteiger partial charge on any atom is -0.394 e. The van der Waals surface area contributed by atoms with E-state index in [1.807, 2.05) is 30.3 Å². The van der Waals surface area contributed by atoms with Crippen LogP contribution in [0, 0.1) is 5.92 Å². The first kappa shape index (κ1) is 25.8. The molecule has 1 aromatic carbocycles. The van der Waals surface area contributed by atoms with Crippen LogP contribution in [0.4, 0.5) is 0 Å². The van der Waals surface area contributed by atoms with E-state index in [-0.39, 0.29) is 36.8 Å². The summed E-state index contributed by atoms with van der Waals surface area (Å²) in [6, 6.07) is 8.57. The fourth-order valence-corrected chi connectivity index (χ4v) is 4.20. The van der Waals surface area contributed by atoms with E-state index in [0.717, 1.165) is 37.7 Å². The van der Waals surface area contributed by atoms with E-state index >= 15 is 0 Å². The van der Waals surface area contributed by atoms with E-state index in [1.54, 1.807) is 4.90 Å². The number of unbranched alkanes of at least 4 members (excludes halogenated alkanes) is 2. The van der Waals surface area contributed by atoms with E-state index in [0.29, 0.717) is 19.4 Å². The molecule has 0 aliphatic carbocycles. The summed E-state index contributed by atoms with van der Waals surface area (Å²) >= 11 is 0. The largest absolute Gasteiger partial charge is 0.394 e. The zero-order valence-corrected chi connectivity index (χ0v) is 19.2. The molecule has 1 aliphatic rings. The van der Waals surface area contributed by atoms with Crippen molar-refractivity contribution in [2.24, 2.45) is 5.92 Å². The van der Waals surface area contributed by atoms with Gasteiger partial charge < -0.3 is 15.3 Å². The van der Waals surface area contributed by atoms with Gasteiger partial charge in [-0.2, -0.15) is 0 Å². The highest BCUT2D eigenvalue weighted by molar-refractivity contribution is 5.91. The van der Waals surface area contributed by atoms with Crippen LogP contribution in [-0.2, 0) is 25.6 Å². The van der Waals surface area contributed by atoms with E-state index in [4.69, 9.17) is 0 Å². The summed E-state index contributed by atoms with van der Waals surface area (Å²) in [6.07, 6.45) is 5.30. The number of nitrogens with one attached hydrogen (secondary N) is 2. The zero-order chi connectivity index (χ0) is 23.3. The van der Waals surface area contributed by atoms with Gasteiger partial charge in [-0.1, -0.05) is 56.5 Å². The Hall–Kier alpha value is -2.45. The molecule has 0 bridgehead atoms. The summed E-state index contributed by atoms with van der Waals surface area (Å²) in [5.74, 6) is -1.40. The Morgan fingerprint density at radius 3 is 2.62 bits per heavy atom. The van der Waals surface area contributed by atoms with Crippen molar-refractivity contribution in [2.45, 2.75) is 70.4 Å². The maximum absolute atomic E-state index is 13.4. The van der Waals surface area contributed by atoms with Crippen molar-refractivity contribution in [2.75, 3.05) is 20.3 Å². The van der Waals surface area contributed by atoms with Gasteiger partial charge >= 0.3 is 0 Å². The molecular weight excluding hydrogens is 410 g/mol. The Kier molecular flexibility index (Phi) is 11.2. The number of rotatable bonds is 13. The number of hydrogen-bond acceptors (Lipinski definition) is 5. The van der Waals surface area contributed by atoms with Crippen molar-refractivity contribution in [1.29, 1.82) is 0 Å². The van der Waals surface area contributed by atoms with Crippen LogP contribution in [0.15, 0.2) is 30.3 Å². The lowest BCUT2D eigenvalue weighted by atomic mass is 9.95. The van der Waals surface area contributed by atoms with Gasteiger partial charge in [-0.05, 0) is 24.8 Å². The summed E-state index contributed by atoms with van der Waals surface area (Å²) in [6.45, 7) is 2.56. The molecule has 1 fully saturated rings. The Balaban J connectivity index is 2.17. The van der Waals surface area contributed by atoms with E-state index in [1.165, 1.54) is 7.11 Å². The smallest absolute Gasteiger partial charge is 0.245 e. The fourth-order valence-electron chi connectivity index (χ4n) is 4.20. The van der Waals surface area contributed by atoms with Crippen molar-refractivity contribution in [3.63, 3.8) is 0 Å². The average molecular weight is 448 g/mol. The molecule has 8 nitrogen and oxygen atoms in total. The molecule has 1 aromatic rings. The molecule has 178 valence electrons. The number of carbonyl (C=O) groups is 3. The standard InChI is InChI=1S/C24H37N3O5/c1-3-4-6-12-19(16-22(29)26-32-2)23(30)25-21(15-18-10-7-5-8-11-18)24(31)27-14-9-13-20(27)17-28/h5,7-8,10-11,19-21,28H,3-4,6,9,12-17H2,1-2H3,(H,25,30)(H,26,29)/t19-,20+,21+/m1/s1. The molecule has 2 rings (SSSR count). The molecule has 1 heterocycles. The molecule has 8 heteroatoms. The monoisotopic (exact) mass is 447 g/mol. The molecule has 0 radical (unpaired) electrons. The number of aliphatic hydroxyl groups excluding tert-OH is 1. The number of aliphatic hydroxyl groups is 1. The number of carbonyl (C=O) groups excluding carboxylic acids is 3. The third-order valence-electron chi connectivity index (χ3n) is 5.94. The predicted molar refractivity (Wildman–Crippen MR) is 121 cm³/mol. The third kappa shape index (κ3) is 7.91. The summed E-state index contributed by atoms with van der Waals surface area (Å²) < 4.78 is 0. The molecule has 3 atom stereocenters. The van der Waals surface area contributed by atoms with Crippen LogP contribution < -0.4 is 10.8 Å². The summed E-state index contributed by atoms with van der Waals surface area (Å²) in [4.78, 5) is 45.0. The third-order valence-corrected chi connectivity index (χ3v) is 5.94. The lowest BCUT2D eigenvalue weighted by Gasteiger charge is -2.29. The minimum absolute atomic E-state index is 0.00137. The Bertz CT molecular complexity index is 728. The molecule has 0 unspecified atom stereocenters. The number of nitrogens with zero attached hydrogens (tertiary/aromatic N) is 1. The van der Waals surface area contributed by atoms with E-state index < -0.39 is 12.0 Å². The highest BCUT2D eigenvalue weighted by Gasteiger charge is 2.34. The van der Waals surface area contributed by atoms with E-state index in [2.05, 4.69) is 22.6 Å². The van der Waals surface area contributed by atoms with Crippen LogP contribution in [0.25, 0.3) is 0 Å². The second kappa shape index (κ2) is 13.9. The number of benzene rings is 1. The average Bonchev–Trinajstić information content (AvgIpc) is 3.27. The maximum atomic E-state index is 13.4. The summed E-state index contributed by atoms with van der Waals surface area (Å²) in [5.41, 5.74) is 3.21. The SMILES string of the molecule is CCCCC[C@H](CC(=O)NOC)C(=O)N[C@@H](Cc1ccccc1)C(=O)N1CCC[C@H]1CO. The van der Waals surface area contributed by atoms with Crippen LogP contribution in [0.3, 0.4) is 0 Å². The van der Waals surface area contributed by atoms with Gasteiger partial charge in [-0.25, -0.2) is 5.48 Å². The van der Waals surface area contributed by atoms with Gasteiger partial charge in [0.1, 0.15) is 6.04 Å². The quantitative estimate of drug-likeness (QED) is 0.316. The first-order valence-corrected chi connectivity index (χ1v) is 11.6. The lowest BCUT2D eigenvalue weighted by molar-refractivity contribution is -0.140. The maximum Gasteiger partial charge on any atom is 0.245 e. The van der Waals surface area contributed by atoms with Crippen molar-refractivity contribution in [3.8, 4) is 0 Å². The number of hydroxylamine groups is 1. The first-order valence-electron chi connectivity index (χ1n) is 11.6. The Morgan fingerprint density at radius 2 is 1.97 bits per heavy atom. The van der Waals surface area contributed by atoms with Gasteiger partial charge in [0.15, 0.2) is 0 Å².